The molecule has 7 nitrogen and oxygen atoms in total. The Morgan fingerprint density at radius 1 is 1.12 bits per heavy atom. The molecule has 2 N–H and O–H groups in total. The molecule has 0 aliphatic heterocycles. The van der Waals surface area contributed by atoms with Crippen molar-refractivity contribution in [1.29, 1.82) is 0 Å². The molecule has 0 aliphatic carbocycles. The number of thiocarbonyl (C=S) groups is 1. The number of aromatic nitrogens is 4. The van der Waals surface area contributed by atoms with Crippen LogP contribution in [0, 0.1) is 0 Å². The van der Waals surface area contributed by atoms with E-state index in [4.69, 9.17) is 17.0 Å². The Bertz CT molecular complexity index is 777. The highest BCUT2D eigenvalue weighted by Crippen LogP contribution is 2.18. The number of para-hydroxylation sites is 1. The molecule has 3 aromatic rings. The molecule has 0 saturated heterocycles. The van der Waals surface area contributed by atoms with Crippen molar-refractivity contribution in [1.82, 2.24) is 25.1 Å². The van der Waals surface area contributed by atoms with Gasteiger partial charge < -0.3 is 19.9 Å². The van der Waals surface area contributed by atoms with Crippen molar-refractivity contribution in [3.05, 3.63) is 61.2 Å². The van der Waals surface area contributed by atoms with Crippen LogP contribution in [-0.2, 0) is 6.54 Å². The molecule has 0 bridgehead atoms. The number of hydrogen-bond acceptors (Lipinski definition) is 5. The molecule has 0 fully saturated rings. The molecule has 25 heavy (non-hydrogen) atoms. The predicted octanol–water partition coefficient (Wildman–Crippen LogP) is 2.84. The van der Waals surface area contributed by atoms with Crippen LogP contribution in [0.15, 0.2) is 61.2 Å². The van der Waals surface area contributed by atoms with E-state index in [9.17, 15) is 0 Å². The molecule has 2 heterocycles. The summed E-state index contributed by atoms with van der Waals surface area (Å²) in [6.45, 7) is 1.65. The maximum absolute atomic E-state index is 5.60. The molecular weight excluding hydrogens is 336 g/mol. The number of hydrogen-bond donors (Lipinski definition) is 2. The number of aryl methyl sites for hydroxylation is 1. The fourth-order valence-electron chi connectivity index (χ4n) is 2.09. The summed E-state index contributed by atoms with van der Waals surface area (Å²) in [4.78, 5) is 4.00. The summed E-state index contributed by atoms with van der Waals surface area (Å²) < 4.78 is 7.62. The minimum atomic E-state index is 0.427. The third-order valence-corrected chi connectivity index (χ3v) is 3.53. The van der Waals surface area contributed by atoms with Crippen molar-refractivity contribution in [3.8, 4) is 11.6 Å². The largest absolute Gasteiger partial charge is 0.438 e. The normalized spacial score (nSPS) is 10.2. The van der Waals surface area contributed by atoms with Crippen LogP contribution in [0.2, 0.25) is 0 Å². The SMILES string of the molecule is S=C(NCCCn1ccnc1)Nc1ccc(Oc2ccccc2)nn1. The smallest absolute Gasteiger partial charge is 0.238 e. The number of rotatable bonds is 7. The standard InChI is InChI=1S/C17H18N6OS/c25-17(19-9-4-11-23-12-10-18-13-23)20-15-7-8-16(22-21-15)24-14-5-2-1-3-6-14/h1-3,5-8,10,12-13H,4,9,11H2,(H2,19,20,21,25). The van der Waals surface area contributed by atoms with Crippen LogP contribution in [0.25, 0.3) is 0 Å². The van der Waals surface area contributed by atoms with Gasteiger partial charge in [0.2, 0.25) is 5.88 Å². The Balaban J connectivity index is 1.40. The molecule has 128 valence electrons. The number of nitrogens with zero attached hydrogens (tertiary/aromatic N) is 4. The summed E-state index contributed by atoms with van der Waals surface area (Å²) in [5, 5.41) is 14.7. The molecule has 0 unspecified atom stereocenters. The van der Waals surface area contributed by atoms with Gasteiger partial charge in [0.05, 0.1) is 6.33 Å². The first kappa shape index (κ1) is 16.8. The van der Waals surface area contributed by atoms with Gasteiger partial charge in [0.15, 0.2) is 10.9 Å². The fourth-order valence-corrected chi connectivity index (χ4v) is 2.30. The van der Waals surface area contributed by atoms with Gasteiger partial charge in [0.1, 0.15) is 5.75 Å². The number of ether oxygens (including phenoxy) is 1. The van der Waals surface area contributed by atoms with Gasteiger partial charge in [0.25, 0.3) is 0 Å². The average Bonchev–Trinajstić information content (AvgIpc) is 3.15. The van der Waals surface area contributed by atoms with Crippen LogP contribution in [0.1, 0.15) is 6.42 Å². The molecule has 8 heteroatoms. The van der Waals surface area contributed by atoms with E-state index in [1.807, 2.05) is 41.1 Å². The van der Waals surface area contributed by atoms with Crippen LogP contribution in [0.3, 0.4) is 0 Å². The van der Waals surface area contributed by atoms with Crippen LogP contribution in [-0.4, -0.2) is 31.4 Å². The topological polar surface area (TPSA) is 76.9 Å². The molecular formula is C17H18N6OS. The van der Waals surface area contributed by atoms with Gasteiger partial charge in [-0.15, -0.1) is 10.2 Å². The lowest BCUT2D eigenvalue weighted by molar-refractivity contribution is 0.455. The molecule has 0 atom stereocenters. The lowest BCUT2D eigenvalue weighted by atomic mass is 10.3. The minimum Gasteiger partial charge on any atom is -0.438 e. The van der Waals surface area contributed by atoms with E-state index in [2.05, 4.69) is 25.8 Å². The van der Waals surface area contributed by atoms with Crippen molar-refractivity contribution < 1.29 is 4.74 Å². The van der Waals surface area contributed by atoms with Gasteiger partial charge in [-0.3, -0.25) is 0 Å². The first-order valence-electron chi connectivity index (χ1n) is 7.87. The van der Waals surface area contributed by atoms with Gasteiger partial charge in [-0.2, -0.15) is 0 Å². The highest BCUT2D eigenvalue weighted by molar-refractivity contribution is 7.80. The Labute approximate surface area is 151 Å². The highest BCUT2D eigenvalue weighted by atomic mass is 32.1. The van der Waals surface area contributed by atoms with Crippen LogP contribution >= 0.6 is 12.2 Å². The van der Waals surface area contributed by atoms with Gasteiger partial charge in [-0.05, 0) is 36.8 Å². The molecule has 3 rings (SSSR count). The molecule has 0 saturated carbocycles. The van der Waals surface area contributed by atoms with Crippen molar-refractivity contribution in [3.63, 3.8) is 0 Å². The lowest BCUT2D eigenvalue weighted by Crippen LogP contribution is -2.30. The van der Waals surface area contributed by atoms with Crippen molar-refractivity contribution in [2.24, 2.45) is 0 Å². The number of benzene rings is 1. The summed E-state index contributed by atoms with van der Waals surface area (Å²) in [6.07, 6.45) is 6.44. The quantitative estimate of drug-likeness (QED) is 0.499. The van der Waals surface area contributed by atoms with Gasteiger partial charge in [-0.1, -0.05) is 18.2 Å². The van der Waals surface area contributed by atoms with Crippen LogP contribution in [0.4, 0.5) is 5.82 Å². The molecule has 2 aromatic heterocycles. The second-order valence-corrected chi connectivity index (χ2v) is 5.62. The second kappa shape index (κ2) is 8.74. The summed E-state index contributed by atoms with van der Waals surface area (Å²) in [5.74, 6) is 1.70. The molecule has 0 radical (unpaired) electrons. The second-order valence-electron chi connectivity index (χ2n) is 5.21. The Hall–Kier alpha value is -3.00. The Morgan fingerprint density at radius 2 is 2.00 bits per heavy atom. The first-order chi connectivity index (χ1) is 12.3. The number of anilines is 1. The third-order valence-electron chi connectivity index (χ3n) is 3.29. The Kier molecular flexibility index (Phi) is 5.89. The zero-order valence-electron chi connectivity index (χ0n) is 13.5. The zero-order valence-corrected chi connectivity index (χ0v) is 14.3. The van der Waals surface area contributed by atoms with E-state index < -0.39 is 0 Å². The van der Waals surface area contributed by atoms with E-state index in [0.29, 0.717) is 22.6 Å². The summed E-state index contributed by atoms with van der Waals surface area (Å²) in [6, 6.07) is 12.9. The monoisotopic (exact) mass is 354 g/mol. The van der Waals surface area contributed by atoms with Crippen LogP contribution in [0.5, 0.6) is 11.6 Å². The summed E-state index contributed by atoms with van der Waals surface area (Å²) in [7, 11) is 0. The van der Waals surface area contributed by atoms with Crippen molar-refractivity contribution in [2.45, 2.75) is 13.0 Å². The van der Waals surface area contributed by atoms with E-state index in [-0.39, 0.29) is 0 Å². The van der Waals surface area contributed by atoms with Crippen LogP contribution < -0.4 is 15.4 Å². The van der Waals surface area contributed by atoms with Gasteiger partial charge in [0, 0.05) is 31.5 Å². The third kappa shape index (κ3) is 5.54. The van der Waals surface area contributed by atoms with E-state index in [1.165, 1.54) is 0 Å². The summed E-state index contributed by atoms with van der Waals surface area (Å²) in [5.41, 5.74) is 0. The number of imidazole rings is 1. The van der Waals surface area contributed by atoms with Gasteiger partial charge >= 0.3 is 0 Å². The first-order valence-corrected chi connectivity index (χ1v) is 8.28. The maximum atomic E-state index is 5.60. The van der Waals surface area contributed by atoms with E-state index in [0.717, 1.165) is 19.5 Å². The average molecular weight is 354 g/mol. The van der Waals surface area contributed by atoms with E-state index in [1.54, 1.807) is 24.7 Å². The molecule has 0 amide bonds. The Morgan fingerprint density at radius 3 is 2.72 bits per heavy atom. The molecule has 0 spiro atoms. The van der Waals surface area contributed by atoms with E-state index >= 15 is 0 Å². The maximum Gasteiger partial charge on any atom is 0.238 e. The highest BCUT2D eigenvalue weighted by Gasteiger charge is 2.02. The predicted molar refractivity (Wildman–Crippen MR) is 99.6 cm³/mol. The molecule has 1 aromatic carbocycles. The van der Waals surface area contributed by atoms with Crippen molar-refractivity contribution >= 4 is 23.1 Å². The number of nitrogens with one attached hydrogen (secondary N) is 2. The fraction of sp³-hybridized carbons (Fsp3) is 0.176. The minimum absolute atomic E-state index is 0.427. The zero-order chi connectivity index (χ0) is 17.3. The van der Waals surface area contributed by atoms with Crippen molar-refractivity contribution in [2.75, 3.05) is 11.9 Å². The lowest BCUT2D eigenvalue weighted by Gasteiger charge is -2.10. The summed E-state index contributed by atoms with van der Waals surface area (Å²) >= 11 is 5.25. The van der Waals surface area contributed by atoms with Gasteiger partial charge in [-0.25, -0.2) is 4.98 Å². The molecule has 0 aliphatic rings.